The molecule has 7 heteroatoms. The van der Waals surface area contributed by atoms with Gasteiger partial charge in [-0.15, -0.1) is 0 Å². The van der Waals surface area contributed by atoms with Crippen LogP contribution in [0.2, 0.25) is 0 Å². The lowest BCUT2D eigenvalue weighted by molar-refractivity contribution is -0.118. The molecule has 1 atom stereocenters. The van der Waals surface area contributed by atoms with Crippen LogP contribution in [0.3, 0.4) is 0 Å². The highest BCUT2D eigenvalue weighted by Crippen LogP contribution is 2.19. The fraction of sp³-hybridized carbons (Fsp3) is 0.160. The molecule has 164 valence electrons. The lowest BCUT2D eigenvalue weighted by atomic mass is 10.1. The number of hydrogen-bond donors (Lipinski definition) is 3. The molecule has 32 heavy (non-hydrogen) atoms. The van der Waals surface area contributed by atoms with E-state index in [-0.39, 0.29) is 17.4 Å². The normalized spacial score (nSPS) is 11.2. The zero-order chi connectivity index (χ0) is 22.9. The minimum Gasteiger partial charge on any atom is -0.497 e. The van der Waals surface area contributed by atoms with E-state index in [1.165, 1.54) is 0 Å². The molecule has 0 saturated carbocycles. The Hall–Kier alpha value is -4.13. The second kappa shape index (κ2) is 10.8. The molecule has 1 unspecified atom stereocenters. The quantitative estimate of drug-likeness (QED) is 0.500. The van der Waals surface area contributed by atoms with Gasteiger partial charge in [0, 0.05) is 17.3 Å². The van der Waals surface area contributed by atoms with Crippen molar-refractivity contribution in [2.75, 3.05) is 17.7 Å². The van der Waals surface area contributed by atoms with Gasteiger partial charge < -0.3 is 20.7 Å². The van der Waals surface area contributed by atoms with Gasteiger partial charge in [0.1, 0.15) is 11.8 Å². The average Bonchev–Trinajstić information content (AvgIpc) is 2.83. The number of ether oxygens (including phenoxy) is 1. The molecule has 3 aromatic rings. The summed E-state index contributed by atoms with van der Waals surface area (Å²) >= 11 is 0. The molecule has 0 aliphatic carbocycles. The fourth-order valence-electron chi connectivity index (χ4n) is 3.09. The van der Waals surface area contributed by atoms with Crippen LogP contribution in [0.4, 0.5) is 11.4 Å². The van der Waals surface area contributed by atoms with E-state index in [9.17, 15) is 14.4 Å². The summed E-state index contributed by atoms with van der Waals surface area (Å²) in [6.45, 7) is 1.80. The van der Waals surface area contributed by atoms with Crippen molar-refractivity contribution in [3.63, 3.8) is 0 Å². The number of para-hydroxylation sites is 1. The monoisotopic (exact) mass is 431 g/mol. The van der Waals surface area contributed by atoms with Gasteiger partial charge in [-0.05, 0) is 42.8 Å². The number of amides is 3. The van der Waals surface area contributed by atoms with E-state index in [0.29, 0.717) is 29.1 Å². The van der Waals surface area contributed by atoms with E-state index >= 15 is 0 Å². The highest BCUT2D eigenvalue weighted by atomic mass is 16.5. The Labute approximate surface area is 186 Å². The molecule has 0 aromatic heterocycles. The van der Waals surface area contributed by atoms with Crippen molar-refractivity contribution >= 4 is 29.1 Å². The van der Waals surface area contributed by atoms with Crippen molar-refractivity contribution < 1.29 is 19.1 Å². The first-order valence-electron chi connectivity index (χ1n) is 10.2. The molecule has 0 radical (unpaired) electrons. The summed E-state index contributed by atoms with van der Waals surface area (Å²) in [5.41, 5.74) is 1.68. The number of rotatable bonds is 8. The van der Waals surface area contributed by atoms with Crippen LogP contribution in [0.1, 0.15) is 34.1 Å². The lowest BCUT2D eigenvalue weighted by Crippen LogP contribution is -2.43. The predicted octanol–water partition coefficient (Wildman–Crippen LogP) is 4.09. The predicted molar refractivity (Wildman–Crippen MR) is 124 cm³/mol. The number of nitrogens with one attached hydrogen (secondary N) is 3. The number of benzene rings is 3. The topological polar surface area (TPSA) is 96.5 Å². The first-order valence-corrected chi connectivity index (χ1v) is 10.2. The van der Waals surface area contributed by atoms with Crippen LogP contribution in [-0.4, -0.2) is 30.9 Å². The summed E-state index contributed by atoms with van der Waals surface area (Å²) in [6, 6.07) is 21.6. The molecule has 3 amide bonds. The molecule has 0 fully saturated rings. The minimum absolute atomic E-state index is 0.268. The maximum atomic E-state index is 12.9. The summed E-state index contributed by atoms with van der Waals surface area (Å²) < 4.78 is 5.17. The van der Waals surface area contributed by atoms with E-state index in [2.05, 4.69) is 16.0 Å². The minimum atomic E-state index is -0.758. The SMILES string of the molecule is CCC(NC(=O)c1ccccc1NC(=O)c1ccccc1)C(=O)Nc1cccc(OC)c1. The van der Waals surface area contributed by atoms with Crippen LogP contribution in [0.5, 0.6) is 5.75 Å². The zero-order valence-electron chi connectivity index (χ0n) is 17.9. The van der Waals surface area contributed by atoms with Gasteiger partial charge in [0.15, 0.2) is 0 Å². The van der Waals surface area contributed by atoms with Crippen LogP contribution >= 0.6 is 0 Å². The Balaban J connectivity index is 1.71. The number of carbonyl (C=O) groups excluding carboxylic acids is 3. The second-order valence-corrected chi connectivity index (χ2v) is 7.02. The maximum absolute atomic E-state index is 12.9. The fourth-order valence-corrected chi connectivity index (χ4v) is 3.09. The van der Waals surface area contributed by atoms with Crippen molar-refractivity contribution in [2.24, 2.45) is 0 Å². The summed E-state index contributed by atoms with van der Waals surface area (Å²) in [4.78, 5) is 38.2. The van der Waals surface area contributed by atoms with Crippen LogP contribution in [0.15, 0.2) is 78.9 Å². The number of anilines is 2. The first kappa shape index (κ1) is 22.6. The first-order chi connectivity index (χ1) is 15.5. The van der Waals surface area contributed by atoms with E-state index in [1.807, 2.05) is 6.07 Å². The molecule has 0 aliphatic rings. The standard InChI is InChI=1S/C25H25N3O4/c1-3-21(25(31)26-18-12-9-13-19(16-18)32-2)27-24(30)20-14-7-8-15-22(20)28-23(29)17-10-5-4-6-11-17/h4-16,21H,3H2,1-2H3,(H,26,31)(H,27,30)(H,28,29). The van der Waals surface area contributed by atoms with Crippen molar-refractivity contribution in [1.82, 2.24) is 5.32 Å². The molecule has 3 N–H and O–H groups in total. The Morgan fingerprint density at radius 2 is 1.56 bits per heavy atom. The lowest BCUT2D eigenvalue weighted by Gasteiger charge is -2.18. The van der Waals surface area contributed by atoms with Crippen molar-refractivity contribution in [3.05, 3.63) is 90.0 Å². The third kappa shape index (κ3) is 5.72. The van der Waals surface area contributed by atoms with E-state index in [1.54, 1.807) is 86.8 Å². The van der Waals surface area contributed by atoms with Crippen LogP contribution in [0, 0.1) is 0 Å². The van der Waals surface area contributed by atoms with Crippen LogP contribution in [-0.2, 0) is 4.79 Å². The van der Waals surface area contributed by atoms with Gasteiger partial charge in [0.05, 0.1) is 18.4 Å². The molecule has 7 nitrogen and oxygen atoms in total. The Morgan fingerprint density at radius 1 is 0.844 bits per heavy atom. The molecule has 3 aromatic carbocycles. The van der Waals surface area contributed by atoms with Gasteiger partial charge in [-0.3, -0.25) is 14.4 Å². The van der Waals surface area contributed by atoms with Crippen molar-refractivity contribution in [1.29, 1.82) is 0 Å². The Kier molecular flexibility index (Phi) is 7.59. The molecule has 3 rings (SSSR count). The largest absolute Gasteiger partial charge is 0.497 e. The van der Waals surface area contributed by atoms with Gasteiger partial charge >= 0.3 is 0 Å². The van der Waals surface area contributed by atoms with Gasteiger partial charge in [0.2, 0.25) is 5.91 Å². The molecule has 0 bridgehead atoms. The van der Waals surface area contributed by atoms with Gasteiger partial charge in [0.25, 0.3) is 11.8 Å². The smallest absolute Gasteiger partial charge is 0.255 e. The Morgan fingerprint density at radius 3 is 2.28 bits per heavy atom. The second-order valence-electron chi connectivity index (χ2n) is 7.02. The van der Waals surface area contributed by atoms with Gasteiger partial charge in [-0.2, -0.15) is 0 Å². The van der Waals surface area contributed by atoms with Crippen molar-refractivity contribution in [2.45, 2.75) is 19.4 Å². The molecular weight excluding hydrogens is 406 g/mol. The summed E-state index contributed by atoms with van der Waals surface area (Å²) in [7, 11) is 1.55. The average molecular weight is 431 g/mol. The van der Waals surface area contributed by atoms with Crippen LogP contribution in [0.25, 0.3) is 0 Å². The molecular formula is C25H25N3O4. The zero-order valence-corrected chi connectivity index (χ0v) is 17.9. The van der Waals surface area contributed by atoms with E-state index in [0.717, 1.165) is 0 Å². The number of methoxy groups -OCH3 is 1. The van der Waals surface area contributed by atoms with Crippen molar-refractivity contribution in [3.8, 4) is 5.75 Å². The Bertz CT molecular complexity index is 1100. The van der Waals surface area contributed by atoms with Gasteiger partial charge in [-0.1, -0.05) is 43.3 Å². The maximum Gasteiger partial charge on any atom is 0.255 e. The summed E-state index contributed by atoms with van der Waals surface area (Å²) in [5, 5.41) is 8.31. The van der Waals surface area contributed by atoms with Gasteiger partial charge in [-0.25, -0.2) is 0 Å². The number of carbonyl (C=O) groups is 3. The highest BCUT2D eigenvalue weighted by molar-refractivity contribution is 6.10. The van der Waals surface area contributed by atoms with E-state index in [4.69, 9.17) is 4.74 Å². The molecule has 0 heterocycles. The summed E-state index contributed by atoms with van der Waals surface area (Å²) in [6.07, 6.45) is 0.389. The highest BCUT2D eigenvalue weighted by Gasteiger charge is 2.22. The molecule has 0 spiro atoms. The van der Waals surface area contributed by atoms with Crippen LogP contribution < -0.4 is 20.7 Å². The molecule has 0 saturated heterocycles. The third-order valence-electron chi connectivity index (χ3n) is 4.82. The third-order valence-corrected chi connectivity index (χ3v) is 4.82. The number of hydrogen-bond acceptors (Lipinski definition) is 4. The molecule has 0 aliphatic heterocycles. The summed E-state index contributed by atoms with van der Waals surface area (Å²) in [5.74, 6) is -0.516. The van der Waals surface area contributed by atoms with E-state index < -0.39 is 11.9 Å².